The molecule has 5 heteroatoms. The molecule has 0 amide bonds. The largest absolute Gasteiger partial charge is 0.387 e. The molecule has 0 saturated carbocycles. The van der Waals surface area contributed by atoms with Gasteiger partial charge in [-0.3, -0.25) is 0 Å². The highest BCUT2D eigenvalue weighted by molar-refractivity contribution is 9.10. The minimum atomic E-state index is -0.687. The fraction of sp³-hybridized carbons (Fsp3) is 0.167. The van der Waals surface area contributed by atoms with Gasteiger partial charge in [0.1, 0.15) is 5.82 Å². The summed E-state index contributed by atoms with van der Waals surface area (Å²) in [5, 5.41) is 11.9. The van der Waals surface area contributed by atoms with Crippen molar-refractivity contribution in [2.75, 3.05) is 0 Å². The molecule has 0 radical (unpaired) electrons. The quantitative estimate of drug-likeness (QED) is 0.820. The number of rotatable bonds is 3. The third-order valence-corrected chi connectivity index (χ3v) is 4.83. The van der Waals surface area contributed by atoms with E-state index in [1.54, 1.807) is 12.1 Å². The van der Waals surface area contributed by atoms with Crippen LogP contribution in [-0.4, -0.2) is 5.11 Å². The van der Waals surface area contributed by atoms with Gasteiger partial charge in [-0.25, -0.2) is 4.39 Å². The van der Waals surface area contributed by atoms with E-state index in [1.807, 2.05) is 11.4 Å². The Balaban J connectivity index is 2.21. The van der Waals surface area contributed by atoms with Crippen molar-refractivity contribution >= 4 is 43.2 Å². The Kier molecular flexibility index (Phi) is 4.36. The molecule has 0 spiro atoms. The summed E-state index contributed by atoms with van der Waals surface area (Å²) in [6, 6.07) is 6.61. The molecule has 0 aliphatic heterocycles. The van der Waals surface area contributed by atoms with Gasteiger partial charge in [0.15, 0.2) is 0 Å². The third-order valence-electron chi connectivity index (χ3n) is 2.37. The zero-order chi connectivity index (χ0) is 12.4. The first-order chi connectivity index (χ1) is 8.08. The van der Waals surface area contributed by atoms with Crippen LogP contribution in [0.15, 0.2) is 38.6 Å². The molecule has 1 aromatic carbocycles. The molecular weight excluding hydrogens is 371 g/mol. The molecular formula is C12H9Br2FOS. The van der Waals surface area contributed by atoms with Crippen LogP contribution in [0.4, 0.5) is 4.39 Å². The summed E-state index contributed by atoms with van der Waals surface area (Å²) in [6.45, 7) is 0. The molecule has 1 aromatic heterocycles. The van der Waals surface area contributed by atoms with Crippen molar-refractivity contribution in [1.29, 1.82) is 0 Å². The monoisotopic (exact) mass is 378 g/mol. The number of thiophene rings is 1. The van der Waals surface area contributed by atoms with E-state index in [1.165, 1.54) is 17.4 Å². The fourth-order valence-corrected chi connectivity index (χ4v) is 3.58. The maximum atomic E-state index is 13.5. The number of benzene rings is 1. The van der Waals surface area contributed by atoms with Gasteiger partial charge in [0, 0.05) is 20.2 Å². The summed E-state index contributed by atoms with van der Waals surface area (Å²) in [6.07, 6.45) is -0.419. The van der Waals surface area contributed by atoms with Crippen molar-refractivity contribution < 1.29 is 9.50 Å². The van der Waals surface area contributed by atoms with Crippen LogP contribution in [0.3, 0.4) is 0 Å². The summed E-state index contributed by atoms with van der Waals surface area (Å²) < 4.78 is 15.2. The van der Waals surface area contributed by atoms with E-state index < -0.39 is 6.10 Å². The third kappa shape index (κ3) is 3.16. The summed E-state index contributed by atoms with van der Waals surface area (Å²) in [7, 11) is 0. The fourth-order valence-electron chi connectivity index (χ4n) is 1.54. The van der Waals surface area contributed by atoms with E-state index in [-0.39, 0.29) is 12.2 Å². The number of aliphatic hydroxyl groups excluding tert-OH is 1. The number of hydrogen-bond acceptors (Lipinski definition) is 2. The Morgan fingerprint density at radius 3 is 2.71 bits per heavy atom. The van der Waals surface area contributed by atoms with Gasteiger partial charge in [-0.2, -0.15) is 0 Å². The first-order valence-corrected chi connectivity index (χ1v) is 7.39. The van der Waals surface area contributed by atoms with Gasteiger partial charge in [-0.05, 0) is 51.1 Å². The molecule has 0 fully saturated rings. The Morgan fingerprint density at radius 2 is 2.06 bits per heavy atom. The van der Waals surface area contributed by atoms with Crippen LogP contribution in [0.1, 0.15) is 16.5 Å². The van der Waals surface area contributed by atoms with Crippen LogP contribution in [0.5, 0.6) is 0 Å². The lowest BCUT2D eigenvalue weighted by atomic mass is 10.1. The summed E-state index contributed by atoms with van der Waals surface area (Å²) in [5.41, 5.74) is 0.507. The highest BCUT2D eigenvalue weighted by Crippen LogP contribution is 2.31. The molecule has 1 N–H and O–H groups in total. The van der Waals surface area contributed by atoms with Crippen molar-refractivity contribution in [2.24, 2.45) is 0 Å². The van der Waals surface area contributed by atoms with Gasteiger partial charge in [0.05, 0.1) is 6.10 Å². The maximum Gasteiger partial charge on any atom is 0.126 e. The Labute approximate surface area is 120 Å². The van der Waals surface area contributed by atoms with Crippen LogP contribution in [0.2, 0.25) is 0 Å². The zero-order valence-corrected chi connectivity index (χ0v) is 12.6. The molecule has 1 atom stereocenters. The van der Waals surface area contributed by atoms with Gasteiger partial charge in [-0.1, -0.05) is 15.9 Å². The van der Waals surface area contributed by atoms with E-state index >= 15 is 0 Å². The number of aliphatic hydroxyl groups is 1. The van der Waals surface area contributed by atoms with Crippen LogP contribution >= 0.6 is 43.2 Å². The minimum absolute atomic E-state index is 0.268. The Bertz CT molecular complexity index is 527. The highest BCUT2D eigenvalue weighted by Gasteiger charge is 2.15. The second kappa shape index (κ2) is 5.61. The molecule has 1 unspecified atom stereocenters. The zero-order valence-electron chi connectivity index (χ0n) is 8.66. The lowest BCUT2D eigenvalue weighted by Crippen LogP contribution is -2.02. The topological polar surface area (TPSA) is 20.2 Å². The lowest BCUT2D eigenvalue weighted by Gasteiger charge is -2.10. The first-order valence-electron chi connectivity index (χ1n) is 4.93. The van der Waals surface area contributed by atoms with Crippen molar-refractivity contribution in [3.8, 4) is 0 Å². The van der Waals surface area contributed by atoms with E-state index in [0.29, 0.717) is 5.56 Å². The van der Waals surface area contributed by atoms with E-state index in [4.69, 9.17) is 0 Å². The van der Waals surface area contributed by atoms with Gasteiger partial charge >= 0.3 is 0 Å². The highest BCUT2D eigenvalue weighted by atomic mass is 79.9. The van der Waals surface area contributed by atoms with E-state index in [2.05, 4.69) is 31.9 Å². The molecule has 2 aromatic rings. The minimum Gasteiger partial charge on any atom is -0.387 e. The molecule has 0 bridgehead atoms. The summed E-state index contributed by atoms with van der Waals surface area (Å²) >= 11 is 8.11. The van der Waals surface area contributed by atoms with E-state index in [9.17, 15) is 9.50 Å². The Hall–Kier alpha value is -0.230. The van der Waals surface area contributed by atoms with Crippen LogP contribution in [0, 0.1) is 5.82 Å². The smallest absolute Gasteiger partial charge is 0.126 e. The summed E-state index contributed by atoms with van der Waals surface area (Å²) in [4.78, 5) is 0.823. The number of halogens is 3. The van der Waals surface area contributed by atoms with Gasteiger partial charge in [-0.15, -0.1) is 11.3 Å². The molecule has 0 saturated heterocycles. The van der Waals surface area contributed by atoms with Crippen molar-refractivity contribution in [1.82, 2.24) is 0 Å². The predicted molar refractivity (Wildman–Crippen MR) is 74.8 cm³/mol. The van der Waals surface area contributed by atoms with Crippen molar-refractivity contribution in [3.05, 3.63) is 54.8 Å². The molecule has 0 aliphatic carbocycles. The molecule has 0 aliphatic rings. The van der Waals surface area contributed by atoms with Gasteiger partial charge in [0.2, 0.25) is 0 Å². The van der Waals surface area contributed by atoms with E-state index in [0.717, 1.165) is 13.8 Å². The molecule has 1 heterocycles. The average Bonchev–Trinajstić information content (AvgIpc) is 2.70. The predicted octanol–water partition coefficient (Wildman–Crippen LogP) is 4.69. The van der Waals surface area contributed by atoms with Crippen molar-refractivity contribution in [3.63, 3.8) is 0 Å². The first kappa shape index (κ1) is 13.2. The maximum absolute atomic E-state index is 13.5. The van der Waals surface area contributed by atoms with Crippen LogP contribution < -0.4 is 0 Å². The average molecular weight is 380 g/mol. The number of hydrogen-bond donors (Lipinski definition) is 1. The molecule has 2 rings (SSSR count). The normalized spacial score (nSPS) is 12.7. The molecule has 17 heavy (non-hydrogen) atoms. The van der Waals surface area contributed by atoms with Gasteiger partial charge < -0.3 is 5.11 Å². The van der Waals surface area contributed by atoms with Gasteiger partial charge in [0.25, 0.3) is 0 Å². The standard InChI is InChI=1S/C12H9Br2FOS/c13-8-1-2-10(15)7(5-8)6-11(16)12-9(14)3-4-17-12/h1-5,11,16H,6H2. The molecule has 90 valence electrons. The van der Waals surface area contributed by atoms with Crippen molar-refractivity contribution in [2.45, 2.75) is 12.5 Å². The SMILES string of the molecule is OC(Cc1cc(Br)ccc1F)c1sccc1Br. The van der Waals surface area contributed by atoms with Crippen LogP contribution in [-0.2, 0) is 6.42 Å². The second-order valence-electron chi connectivity index (χ2n) is 3.59. The lowest BCUT2D eigenvalue weighted by molar-refractivity contribution is 0.180. The van der Waals surface area contributed by atoms with Crippen LogP contribution in [0.25, 0.3) is 0 Å². The molecule has 1 nitrogen and oxygen atoms in total. The second-order valence-corrected chi connectivity index (χ2v) is 6.31. The summed E-state index contributed by atoms with van der Waals surface area (Å²) in [5.74, 6) is -0.292. The Morgan fingerprint density at radius 1 is 1.29 bits per heavy atom.